The summed E-state index contributed by atoms with van der Waals surface area (Å²) in [6.07, 6.45) is 8.25. The lowest BCUT2D eigenvalue weighted by atomic mass is 9.97. The van der Waals surface area contributed by atoms with Crippen LogP contribution in [-0.4, -0.2) is 60.4 Å². The van der Waals surface area contributed by atoms with E-state index in [1.54, 1.807) is 0 Å². The summed E-state index contributed by atoms with van der Waals surface area (Å²) < 4.78 is 0. The summed E-state index contributed by atoms with van der Waals surface area (Å²) >= 11 is 0. The van der Waals surface area contributed by atoms with Crippen molar-refractivity contribution in [3.05, 3.63) is 47.5 Å². The highest BCUT2D eigenvalue weighted by Gasteiger charge is 2.27. The molecule has 1 aliphatic carbocycles. The molecule has 1 heterocycles. The maximum Gasteiger partial charge on any atom is 0.253 e. The Labute approximate surface area is 162 Å². The second-order valence-corrected chi connectivity index (χ2v) is 7.52. The number of carbonyl (C=O) groups excluding carboxylic acids is 2. The SMILES string of the molecule is C[C@H](C(=O)NCCC1=CCCCC1)N1CCN(C(=O)c2ccccc2)CC1. The first-order chi connectivity index (χ1) is 13.1. The smallest absolute Gasteiger partial charge is 0.253 e. The van der Waals surface area contributed by atoms with Crippen molar-refractivity contribution in [1.82, 2.24) is 15.1 Å². The van der Waals surface area contributed by atoms with Gasteiger partial charge in [0.05, 0.1) is 6.04 Å². The maximum atomic E-state index is 12.5. The highest BCUT2D eigenvalue weighted by atomic mass is 16.2. The molecule has 0 unspecified atom stereocenters. The molecule has 1 N–H and O–H groups in total. The van der Waals surface area contributed by atoms with Gasteiger partial charge in [0.15, 0.2) is 0 Å². The normalized spacial score (nSPS) is 19.3. The van der Waals surface area contributed by atoms with E-state index in [0.717, 1.165) is 31.6 Å². The minimum absolute atomic E-state index is 0.0770. The molecule has 0 saturated carbocycles. The number of amides is 2. The third-order valence-corrected chi connectivity index (χ3v) is 5.68. The summed E-state index contributed by atoms with van der Waals surface area (Å²) in [6.45, 7) is 5.48. The zero-order valence-corrected chi connectivity index (χ0v) is 16.3. The van der Waals surface area contributed by atoms with Gasteiger partial charge >= 0.3 is 0 Å². The average Bonchev–Trinajstić information content (AvgIpc) is 2.74. The summed E-state index contributed by atoms with van der Waals surface area (Å²) in [7, 11) is 0. The van der Waals surface area contributed by atoms with Crippen molar-refractivity contribution in [2.24, 2.45) is 0 Å². The number of hydrogen-bond donors (Lipinski definition) is 1. The van der Waals surface area contributed by atoms with E-state index in [1.165, 1.54) is 31.3 Å². The van der Waals surface area contributed by atoms with Gasteiger partial charge in [-0.25, -0.2) is 0 Å². The van der Waals surface area contributed by atoms with E-state index >= 15 is 0 Å². The van der Waals surface area contributed by atoms with Crippen molar-refractivity contribution < 1.29 is 9.59 Å². The van der Waals surface area contributed by atoms with E-state index in [2.05, 4.69) is 16.3 Å². The first-order valence-corrected chi connectivity index (χ1v) is 10.2. The number of nitrogens with zero attached hydrogens (tertiary/aromatic N) is 2. The lowest BCUT2D eigenvalue weighted by Gasteiger charge is -2.37. The van der Waals surface area contributed by atoms with Gasteiger partial charge in [-0.2, -0.15) is 0 Å². The van der Waals surface area contributed by atoms with Crippen molar-refractivity contribution in [3.8, 4) is 0 Å². The third-order valence-electron chi connectivity index (χ3n) is 5.68. The number of allylic oxidation sites excluding steroid dienone is 1. The van der Waals surface area contributed by atoms with Gasteiger partial charge in [0, 0.05) is 38.3 Å². The predicted molar refractivity (Wildman–Crippen MR) is 108 cm³/mol. The second kappa shape index (κ2) is 9.70. The fourth-order valence-electron chi connectivity index (χ4n) is 3.87. The summed E-state index contributed by atoms with van der Waals surface area (Å²) in [5.74, 6) is 0.169. The molecule has 1 aromatic rings. The van der Waals surface area contributed by atoms with Gasteiger partial charge in [-0.05, 0) is 51.2 Å². The Hall–Kier alpha value is -2.14. The number of rotatable bonds is 6. The van der Waals surface area contributed by atoms with Crippen LogP contribution < -0.4 is 5.32 Å². The minimum Gasteiger partial charge on any atom is -0.354 e. The average molecular weight is 370 g/mol. The molecule has 5 nitrogen and oxygen atoms in total. The second-order valence-electron chi connectivity index (χ2n) is 7.52. The number of piperazine rings is 1. The standard InChI is InChI=1S/C22H31N3O2/c1-18(21(26)23-13-12-19-8-4-2-5-9-19)24-14-16-25(17-15-24)22(27)20-10-6-3-7-11-20/h3,6-8,10-11,18H,2,4-5,9,12-17H2,1H3,(H,23,26)/t18-/m1/s1. The zero-order valence-electron chi connectivity index (χ0n) is 16.3. The fourth-order valence-corrected chi connectivity index (χ4v) is 3.87. The molecule has 27 heavy (non-hydrogen) atoms. The number of nitrogens with one attached hydrogen (secondary N) is 1. The van der Waals surface area contributed by atoms with Crippen LogP contribution in [0.15, 0.2) is 42.0 Å². The summed E-state index contributed by atoms with van der Waals surface area (Å²) in [5, 5.41) is 3.08. The molecule has 0 bridgehead atoms. The van der Waals surface area contributed by atoms with Crippen LogP contribution in [0, 0.1) is 0 Å². The molecular formula is C22H31N3O2. The van der Waals surface area contributed by atoms with Crippen LogP contribution in [0.2, 0.25) is 0 Å². The molecular weight excluding hydrogens is 338 g/mol. The van der Waals surface area contributed by atoms with Crippen molar-refractivity contribution in [2.45, 2.75) is 45.1 Å². The third kappa shape index (κ3) is 5.42. The topological polar surface area (TPSA) is 52.7 Å². The van der Waals surface area contributed by atoms with Crippen LogP contribution in [0.3, 0.4) is 0 Å². The fraction of sp³-hybridized carbons (Fsp3) is 0.545. The van der Waals surface area contributed by atoms with Gasteiger partial charge in [0.1, 0.15) is 0 Å². The summed E-state index contributed by atoms with van der Waals surface area (Å²) in [6, 6.07) is 9.25. The van der Waals surface area contributed by atoms with Crippen LogP contribution in [0.25, 0.3) is 0 Å². The Bertz CT molecular complexity index is 663. The van der Waals surface area contributed by atoms with Gasteiger partial charge in [-0.3, -0.25) is 14.5 Å². The van der Waals surface area contributed by atoms with Crippen LogP contribution in [0.5, 0.6) is 0 Å². The maximum absolute atomic E-state index is 12.5. The molecule has 5 heteroatoms. The molecule has 3 rings (SSSR count). The zero-order chi connectivity index (χ0) is 19.1. The first kappa shape index (κ1) is 19.6. The highest BCUT2D eigenvalue weighted by molar-refractivity contribution is 5.94. The molecule has 1 atom stereocenters. The van der Waals surface area contributed by atoms with E-state index in [4.69, 9.17) is 0 Å². The van der Waals surface area contributed by atoms with E-state index in [0.29, 0.717) is 13.1 Å². The van der Waals surface area contributed by atoms with Crippen molar-refractivity contribution in [2.75, 3.05) is 32.7 Å². The number of benzene rings is 1. The highest BCUT2D eigenvalue weighted by Crippen LogP contribution is 2.19. The van der Waals surface area contributed by atoms with E-state index < -0.39 is 0 Å². The summed E-state index contributed by atoms with van der Waals surface area (Å²) in [4.78, 5) is 29.0. The molecule has 1 saturated heterocycles. The van der Waals surface area contributed by atoms with E-state index in [1.807, 2.05) is 42.2 Å². The Balaban J connectivity index is 1.41. The van der Waals surface area contributed by atoms with E-state index in [9.17, 15) is 9.59 Å². The molecule has 2 amide bonds. The Morgan fingerprint density at radius 3 is 2.48 bits per heavy atom. The molecule has 0 radical (unpaired) electrons. The summed E-state index contributed by atoms with van der Waals surface area (Å²) in [5.41, 5.74) is 2.22. The van der Waals surface area contributed by atoms with E-state index in [-0.39, 0.29) is 17.9 Å². The van der Waals surface area contributed by atoms with Crippen molar-refractivity contribution >= 4 is 11.8 Å². The van der Waals surface area contributed by atoms with Crippen LogP contribution >= 0.6 is 0 Å². The quantitative estimate of drug-likeness (QED) is 0.785. The van der Waals surface area contributed by atoms with Crippen LogP contribution in [-0.2, 0) is 4.79 Å². The molecule has 1 aromatic carbocycles. The van der Waals surface area contributed by atoms with Crippen molar-refractivity contribution in [3.63, 3.8) is 0 Å². The molecule has 1 aliphatic heterocycles. The molecule has 0 aromatic heterocycles. The van der Waals surface area contributed by atoms with Gasteiger partial charge in [0.25, 0.3) is 5.91 Å². The monoisotopic (exact) mass is 369 g/mol. The van der Waals surface area contributed by atoms with Gasteiger partial charge < -0.3 is 10.2 Å². The van der Waals surface area contributed by atoms with Crippen molar-refractivity contribution in [1.29, 1.82) is 0 Å². The van der Waals surface area contributed by atoms with Gasteiger partial charge in [-0.1, -0.05) is 29.8 Å². The van der Waals surface area contributed by atoms with Gasteiger partial charge in [-0.15, -0.1) is 0 Å². The lowest BCUT2D eigenvalue weighted by Crippen LogP contribution is -2.55. The minimum atomic E-state index is -0.153. The van der Waals surface area contributed by atoms with Crippen LogP contribution in [0.1, 0.15) is 49.4 Å². The number of hydrogen-bond acceptors (Lipinski definition) is 3. The largest absolute Gasteiger partial charge is 0.354 e. The molecule has 2 aliphatic rings. The Kier molecular flexibility index (Phi) is 7.04. The number of carbonyl (C=O) groups is 2. The molecule has 1 fully saturated rings. The molecule has 0 spiro atoms. The predicted octanol–water partition coefficient (Wildman–Crippen LogP) is 2.84. The van der Waals surface area contributed by atoms with Crippen LogP contribution in [0.4, 0.5) is 0 Å². The molecule has 146 valence electrons. The first-order valence-electron chi connectivity index (χ1n) is 10.2. The Morgan fingerprint density at radius 1 is 1.07 bits per heavy atom. The lowest BCUT2D eigenvalue weighted by molar-refractivity contribution is -0.126. The van der Waals surface area contributed by atoms with Gasteiger partial charge in [0.2, 0.25) is 5.91 Å². The Morgan fingerprint density at radius 2 is 1.81 bits per heavy atom.